The molecule has 2 aromatic heterocycles. The van der Waals surface area contributed by atoms with Crippen molar-refractivity contribution in [3.05, 3.63) is 66.4 Å². The Morgan fingerprint density at radius 1 is 1.37 bits per heavy atom. The van der Waals surface area contributed by atoms with E-state index in [1.807, 2.05) is 12.3 Å². The Morgan fingerprint density at radius 2 is 2.26 bits per heavy atom. The van der Waals surface area contributed by atoms with Gasteiger partial charge in [0.1, 0.15) is 0 Å². The standard InChI is InChI=1S/C29H39N5O/c1-4-12-33-17-20-15-27-25(24-8-7-9-26(33)28(20)24)14-21(18-34(27)13-5-2)29(35)32-22(6-3)10-11-23-16-30-19-31-23/h5,7-9,16-17,19,21-22,25,27H,2,4,6,10-15,18H2,1,3H3,(H,30,31)(H,32,35)/t21-,22?,25?,27-/m1/s1. The average Bonchev–Trinajstić information content (AvgIpc) is 3.51. The van der Waals surface area contributed by atoms with E-state index >= 15 is 0 Å². The third-order valence-corrected chi connectivity index (χ3v) is 8.13. The van der Waals surface area contributed by atoms with Crippen molar-refractivity contribution < 1.29 is 4.79 Å². The number of aromatic nitrogens is 3. The van der Waals surface area contributed by atoms with Crippen molar-refractivity contribution in [2.45, 2.75) is 76.9 Å². The number of carbonyl (C=O) groups excluding carboxylic acids is 1. The number of nitrogens with one attached hydrogen (secondary N) is 2. The number of amides is 1. The molecule has 1 aromatic carbocycles. The Labute approximate surface area is 208 Å². The number of piperidine rings is 1. The second-order valence-corrected chi connectivity index (χ2v) is 10.4. The third-order valence-electron chi connectivity index (χ3n) is 8.13. The maximum Gasteiger partial charge on any atom is 0.224 e. The van der Waals surface area contributed by atoms with E-state index in [1.54, 1.807) is 6.33 Å². The van der Waals surface area contributed by atoms with Gasteiger partial charge in [0.05, 0.1) is 12.2 Å². The molecule has 35 heavy (non-hydrogen) atoms. The molecule has 1 aliphatic heterocycles. The number of hydrogen-bond donors (Lipinski definition) is 2. The summed E-state index contributed by atoms with van der Waals surface area (Å²) >= 11 is 0. The number of aromatic amines is 1. The summed E-state index contributed by atoms with van der Waals surface area (Å²) in [6.45, 7) is 11.1. The fourth-order valence-corrected chi connectivity index (χ4v) is 6.41. The highest BCUT2D eigenvalue weighted by Crippen LogP contribution is 2.45. The lowest BCUT2D eigenvalue weighted by Gasteiger charge is -2.46. The molecular weight excluding hydrogens is 434 g/mol. The van der Waals surface area contributed by atoms with Gasteiger partial charge in [-0.25, -0.2) is 4.98 Å². The highest BCUT2D eigenvalue weighted by atomic mass is 16.2. The van der Waals surface area contributed by atoms with E-state index in [9.17, 15) is 4.79 Å². The number of imidazole rings is 1. The van der Waals surface area contributed by atoms with E-state index < -0.39 is 0 Å². The smallest absolute Gasteiger partial charge is 0.224 e. The fraction of sp³-hybridized carbons (Fsp3) is 0.517. The molecule has 4 atom stereocenters. The molecule has 5 rings (SSSR count). The van der Waals surface area contributed by atoms with Crippen LogP contribution in [0.15, 0.2) is 49.6 Å². The first-order valence-electron chi connectivity index (χ1n) is 13.4. The van der Waals surface area contributed by atoms with Crippen molar-refractivity contribution in [1.82, 2.24) is 24.8 Å². The molecule has 3 aromatic rings. The van der Waals surface area contributed by atoms with Gasteiger partial charge in [-0.15, -0.1) is 6.58 Å². The Bertz CT molecular complexity index is 1160. The van der Waals surface area contributed by atoms with Gasteiger partial charge in [0.2, 0.25) is 5.91 Å². The molecule has 1 aliphatic carbocycles. The number of likely N-dealkylation sites (tertiary alicyclic amines) is 1. The van der Waals surface area contributed by atoms with Crippen LogP contribution >= 0.6 is 0 Å². The molecule has 3 heterocycles. The number of benzene rings is 1. The maximum absolute atomic E-state index is 13.5. The van der Waals surface area contributed by atoms with Gasteiger partial charge in [0, 0.05) is 66.6 Å². The normalized spacial score (nSPS) is 22.6. The van der Waals surface area contributed by atoms with Crippen molar-refractivity contribution >= 4 is 16.8 Å². The molecule has 0 saturated carbocycles. The summed E-state index contributed by atoms with van der Waals surface area (Å²) in [6.07, 6.45) is 13.8. The van der Waals surface area contributed by atoms with E-state index in [0.29, 0.717) is 12.0 Å². The van der Waals surface area contributed by atoms with Crippen LogP contribution in [-0.2, 0) is 24.2 Å². The highest BCUT2D eigenvalue weighted by Gasteiger charge is 2.42. The van der Waals surface area contributed by atoms with E-state index in [1.165, 1.54) is 22.0 Å². The van der Waals surface area contributed by atoms with E-state index in [2.05, 4.69) is 69.6 Å². The molecule has 1 saturated heterocycles. The minimum atomic E-state index is -0.00746. The molecule has 2 N–H and O–H groups in total. The van der Waals surface area contributed by atoms with Gasteiger partial charge in [-0.1, -0.05) is 32.1 Å². The lowest BCUT2D eigenvalue weighted by molar-refractivity contribution is -0.128. The second kappa shape index (κ2) is 10.4. The summed E-state index contributed by atoms with van der Waals surface area (Å²) in [7, 11) is 0. The molecular formula is C29H39N5O. The zero-order valence-corrected chi connectivity index (χ0v) is 21.2. The Kier molecular flexibility index (Phi) is 7.09. The van der Waals surface area contributed by atoms with Crippen molar-refractivity contribution in [3.63, 3.8) is 0 Å². The van der Waals surface area contributed by atoms with Gasteiger partial charge in [-0.2, -0.15) is 0 Å². The van der Waals surface area contributed by atoms with Gasteiger partial charge >= 0.3 is 0 Å². The number of fused-ring (bicyclic) bond motifs is 2. The van der Waals surface area contributed by atoms with Crippen molar-refractivity contribution in [2.24, 2.45) is 5.92 Å². The molecule has 6 heteroatoms. The zero-order chi connectivity index (χ0) is 24.4. The van der Waals surface area contributed by atoms with Crippen LogP contribution in [0.3, 0.4) is 0 Å². The number of hydrogen-bond acceptors (Lipinski definition) is 3. The van der Waals surface area contributed by atoms with Gasteiger partial charge in [0.25, 0.3) is 0 Å². The largest absolute Gasteiger partial charge is 0.353 e. The SMILES string of the molecule is C=CCN1C[C@H](C(=O)NC(CC)CCc2cnc[nH]2)CC2c3cccc4c3c(cn4CCC)C[C@H]21. The second-order valence-electron chi connectivity index (χ2n) is 10.4. The van der Waals surface area contributed by atoms with Crippen LogP contribution in [0.4, 0.5) is 0 Å². The molecule has 6 nitrogen and oxygen atoms in total. The van der Waals surface area contributed by atoms with Gasteiger partial charge in [0.15, 0.2) is 0 Å². The predicted octanol–water partition coefficient (Wildman–Crippen LogP) is 4.82. The van der Waals surface area contributed by atoms with Crippen LogP contribution in [0.25, 0.3) is 10.9 Å². The lowest BCUT2D eigenvalue weighted by Crippen LogP contribution is -2.53. The number of rotatable bonds is 10. The zero-order valence-electron chi connectivity index (χ0n) is 21.2. The van der Waals surface area contributed by atoms with Gasteiger partial charge < -0.3 is 14.9 Å². The van der Waals surface area contributed by atoms with Crippen LogP contribution in [0.2, 0.25) is 0 Å². The Balaban J connectivity index is 1.37. The summed E-state index contributed by atoms with van der Waals surface area (Å²) in [6, 6.07) is 7.39. The highest BCUT2D eigenvalue weighted by molar-refractivity contribution is 5.89. The Morgan fingerprint density at radius 3 is 3.00 bits per heavy atom. The first-order chi connectivity index (χ1) is 17.1. The van der Waals surface area contributed by atoms with Crippen LogP contribution in [-0.4, -0.2) is 50.5 Å². The first-order valence-corrected chi connectivity index (χ1v) is 13.4. The van der Waals surface area contributed by atoms with Crippen molar-refractivity contribution in [1.29, 1.82) is 0 Å². The van der Waals surface area contributed by atoms with E-state index in [0.717, 1.165) is 63.9 Å². The van der Waals surface area contributed by atoms with Crippen LogP contribution in [0.5, 0.6) is 0 Å². The molecule has 0 radical (unpaired) electrons. The number of carbonyl (C=O) groups is 1. The van der Waals surface area contributed by atoms with Crippen LogP contribution in [0, 0.1) is 5.92 Å². The third kappa shape index (κ3) is 4.68. The summed E-state index contributed by atoms with van der Waals surface area (Å²) in [4.78, 5) is 23.3. The lowest BCUT2D eigenvalue weighted by atomic mass is 9.72. The van der Waals surface area contributed by atoms with Crippen LogP contribution < -0.4 is 5.32 Å². The molecule has 1 fully saturated rings. The first kappa shape index (κ1) is 23.9. The molecule has 0 spiro atoms. The fourth-order valence-electron chi connectivity index (χ4n) is 6.41. The Hall–Kier alpha value is -2.86. The summed E-state index contributed by atoms with van der Waals surface area (Å²) in [5.74, 6) is 0.570. The van der Waals surface area contributed by atoms with E-state index in [-0.39, 0.29) is 17.9 Å². The topological polar surface area (TPSA) is 66.0 Å². The summed E-state index contributed by atoms with van der Waals surface area (Å²) in [5, 5.41) is 4.83. The molecule has 2 aliphatic rings. The summed E-state index contributed by atoms with van der Waals surface area (Å²) < 4.78 is 2.43. The van der Waals surface area contributed by atoms with Crippen LogP contribution in [0.1, 0.15) is 62.3 Å². The molecule has 2 unspecified atom stereocenters. The maximum atomic E-state index is 13.5. The number of nitrogens with zero attached hydrogens (tertiary/aromatic N) is 3. The summed E-state index contributed by atoms with van der Waals surface area (Å²) in [5.41, 5.74) is 5.37. The minimum absolute atomic E-state index is 0.00746. The van der Waals surface area contributed by atoms with Crippen molar-refractivity contribution in [3.8, 4) is 0 Å². The quantitative estimate of drug-likeness (QED) is 0.415. The minimum Gasteiger partial charge on any atom is -0.353 e. The molecule has 1 amide bonds. The number of H-pyrrole nitrogens is 1. The van der Waals surface area contributed by atoms with Gasteiger partial charge in [-0.05, 0) is 55.7 Å². The van der Waals surface area contributed by atoms with Crippen molar-refractivity contribution in [2.75, 3.05) is 13.1 Å². The monoisotopic (exact) mass is 473 g/mol. The molecule has 0 bridgehead atoms. The molecule has 186 valence electrons. The van der Waals surface area contributed by atoms with E-state index in [4.69, 9.17) is 0 Å². The van der Waals surface area contributed by atoms with Gasteiger partial charge in [-0.3, -0.25) is 9.69 Å². The average molecular weight is 474 g/mol. The number of aryl methyl sites for hydroxylation is 2. The predicted molar refractivity (Wildman–Crippen MR) is 141 cm³/mol.